The Morgan fingerprint density at radius 1 is 0.480 bits per heavy atom. The van der Waals surface area contributed by atoms with Gasteiger partial charge in [0.25, 0.3) is 0 Å². The van der Waals surface area contributed by atoms with Gasteiger partial charge in [-0.05, 0) is 61.4 Å². The van der Waals surface area contributed by atoms with Crippen molar-refractivity contribution < 1.29 is 0 Å². The lowest BCUT2D eigenvalue weighted by atomic mass is 10.1. The molecule has 0 bridgehead atoms. The van der Waals surface area contributed by atoms with E-state index in [4.69, 9.17) is 11.5 Å². The Labute approximate surface area is 152 Å². The van der Waals surface area contributed by atoms with Crippen molar-refractivity contribution in [2.45, 2.75) is 44.9 Å². The van der Waals surface area contributed by atoms with Gasteiger partial charge in [0.1, 0.15) is 0 Å². The van der Waals surface area contributed by atoms with Crippen LogP contribution in [0.4, 0.5) is 22.7 Å². The van der Waals surface area contributed by atoms with Crippen molar-refractivity contribution in [3.05, 3.63) is 48.5 Å². The first-order chi connectivity index (χ1) is 12.2. The van der Waals surface area contributed by atoms with Gasteiger partial charge in [-0.2, -0.15) is 0 Å². The molecule has 0 heterocycles. The molecule has 0 atom stereocenters. The molecule has 0 spiro atoms. The molecule has 136 valence electrons. The van der Waals surface area contributed by atoms with Crippen molar-refractivity contribution in [2.75, 3.05) is 35.2 Å². The summed E-state index contributed by atoms with van der Waals surface area (Å²) in [6.07, 6.45) is 9.04. The van der Waals surface area contributed by atoms with Gasteiger partial charge in [-0.3, -0.25) is 0 Å². The first-order valence-electron chi connectivity index (χ1n) is 9.43. The summed E-state index contributed by atoms with van der Waals surface area (Å²) < 4.78 is 0. The van der Waals surface area contributed by atoms with Crippen LogP contribution >= 0.6 is 0 Å². The molecule has 25 heavy (non-hydrogen) atoms. The van der Waals surface area contributed by atoms with Crippen LogP contribution in [0.15, 0.2) is 48.5 Å². The molecule has 0 saturated carbocycles. The lowest BCUT2D eigenvalue weighted by Crippen LogP contribution is -2.02. The predicted molar refractivity (Wildman–Crippen MR) is 111 cm³/mol. The zero-order valence-electron chi connectivity index (χ0n) is 15.1. The zero-order valence-corrected chi connectivity index (χ0v) is 15.1. The van der Waals surface area contributed by atoms with Gasteiger partial charge < -0.3 is 22.1 Å². The highest BCUT2D eigenvalue weighted by Gasteiger charge is 1.95. The van der Waals surface area contributed by atoms with Crippen LogP contribution < -0.4 is 22.1 Å². The number of hydrogen-bond donors (Lipinski definition) is 4. The molecule has 2 aromatic carbocycles. The lowest BCUT2D eigenvalue weighted by Gasteiger charge is -2.07. The van der Waals surface area contributed by atoms with Gasteiger partial charge in [-0.15, -0.1) is 0 Å². The lowest BCUT2D eigenvalue weighted by molar-refractivity contribution is 0.591. The molecule has 0 unspecified atom stereocenters. The van der Waals surface area contributed by atoms with Crippen LogP contribution in [0.5, 0.6) is 0 Å². The Kier molecular flexibility index (Phi) is 8.53. The van der Waals surface area contributed by atoms with Gasteiger partial charge in [0.2, 0.25) is 0 Å². The molecule has 4 heteroatoms. The van der Waals surface area contributed by atoms with Crippen LogP contribution in [0.3, 0.4) is 0 Å². The fourth-order valence-electron chi connectivity index (χ4n) is 2.80. The summed E-state index contributed by atoms with van der Waals surface area (Å²) in [6.45, 7) is 2.07. The molecule has 0 saturated heterocycles. The van der Waals surface area contributed by atoms with Crippen LogP contribution in [0, 0.1) is 0 Å². The van der Waals surface area contributed by atoms with Crippen molar-refractivity contribution in [3.8, 4) is 0 Å². The molecule has 6 N–H and O–H groups in total. The Hall–Kier alpha value is -2.36. The summed E-state index contributed by atoms with van der Waals surface area (Å²) in [5.41, 5.74) is 15.3. The molecule has 0 aliphatic heterocycles. The molecule has 2 aromatic rings. The van der Waals surface area contributed by atoms with Crippen molar-refractivity contribution in [2.24, 2.45) is 0 Å². The van der Waals surface area contributed by atoms with E-state index in [0.717, 1.165) is 35.8 Å². The maximum Gasteiger partial charge on any atom is 0.0341 e. The number of nitrogen functional groups attached to an aromatic ring is 2. The second kappa shape index (κ2) is 11.2. The van der Waals surface area contributed by atoms with E-state index in [0.29, 0.717) is 0 Å². The summed E-state index contributed by atoms with van der Waals surface area (Å²) in [5.74, 6) is 0. The molecule has 0 aromatic heterocycles. The van der Waals surface area contributed by atoms with E-state index in [1.807, 2.05) is 48.5 Å². The zero-order chi connectivity index (χ0) is 17.7. The molecular formula is C21H32N4. The van der Waals surface area contributed by atoms with E-state index >= 15 is 0 Å². The third kappa shape index (κ3) is 8.34. The average Bonchev–Trinajstić information content (AvgIpc) is 2.63. The Balaban J connectivity index is 1.37. The Bertz CT molecular complexity index is 524. The number of nitrogens with one attached hydrogen (secondary N) is 2. The molecule has 2 rings (SSSR count). The minimum absolute atomic E-state index is 0.814. The van der Waals surface area contributed by atoms with E-state index in [-0.39, 0.29) is 0 Å². The van der Waals surface area contributed by atoms with Crippen LogP contribution in [-0.2, 0) is 0 Å². The first kappa shape index (κ1) is 19.0. The quantitative estimate of drug-likeness (QED) is 0.320. The molecule has 0 amide bonds. The van der Waals surface area contributed by atoms with Crippen LogP contribution in [0.1, 0.15) is 44.9 Å². The van der Waals surface area contributed by atoms with Gasteiger partial charge in [-0.25, -0.2) is 0 Å². The predicted octanol–water partition coefficient (Wildman–Crippen LogP) is 5.11. The van der Waals surface area contributed by atoms with E-state index < -0.39 is 0 Å². The van der Waals surface area contributed by atoms with Gasteiger partial charge in [0.15, 0.2) is 0 Å². The minimum Gasteiger partial charge on any atom is -0.399 e. The summed E-state index contributed by atoms with van der Waals surface area (Å²) in [6, 6.07) is 15.9. The maximum absolute atomic E-state index is 5.68. The summed E-state index contributed by atoms with van der Waals surface area (Å²) in [5, 5.41) is 6.88. The first-order valence-corrected chi connectivity index (χ1v) is 9.43. The number of benzene rings is 2. The van der Waals surface area contributed by atoms with Crippen molar-refractivity contribution in [1.82, 2.24) is 0 Å². The monoisotopic (exact) mass is 340 g/mol. The largest absolute Gasteiger partial charge is 0.399 e. The number of unbranched alkanes of at least 4 members (excludes halogenated alkanes) is 6. The van der Waals surface area contributed by atoms with Gasteiger partial charge in [0.05, 0.1) is 0 Å². The molecule has 0 aliphatic rings. The second-order valence-electron chi connectivity index (χ2n) is 6.57. The average molecular weight is 341 g/mol. The number of hydrogen-bond acceptors (Lipinski definition) is 4. The van der Waals surface area contributed by atoms with Gasteiger partial charge >= 0.3 is 0 Å². The molecule has 4 nitrogen and oxygen atoms in total. The van der Waals surface area contributed by atoms with E-state index in [2.05, 4.69) is 10.6 Å². The third-order valence-corrected chi connectivity index (χ3v) is 4.33. The molecule has 0 radical (unpaired) electrons. The molecule has 0 fully saturated rings. The summed E-state index contributed by atoms with van der Waals surface area (Å²) in [4.78, 5) is 0. The van der Waals surface area contributed by atoms with E-state index in [1.54, 1.807) is 0 Å². The fraction of sp³-hybridized carbons (Fsp3) is 0.429. The van der Waals surface area contributed by atoms with Gasteiger partial charge in [-0.1, -0.05) is 32.1 Å². The fourth-order valence-corrected chi connectivity index (χ4v) is 2.80. The van der Waals surface area contributed by atoms with Gasteiger partial charge in [0, 0.05) is 35.8 Å². The smallest absolute Gasteiger partial charge is 0.0341 e. The van der Waals surface area contributed by atoms with Crippen LogP contribution in [-0.4, -0.2) is 13.1 Å². The van der Waals surface area contributed by atoms with Crippen LogP contribution in [0.2, 0.25) is 0 Å². The third-order valence-electron chi connectivity index (χ3n) is 4.33. The summed E-state index contributed by atoms with van der Waals surface area (Å²) >= 11 is 0. The Morgan fingerprint density at radius 3 is 1.16 bits per heavy atom. The maximum atomic E-state index is 5.68. The highest BCUT2D eigenvalue weighted by Crippen LogP contribution is 2.13. The standard InChI is InChI=1S/C21H32N4/c22-18-8-12-20(13-9-18)24-16-6-4-2-1-3-5-7-17-25-21-14-10-19(23)11-15-21/h8-15,24-25H,1-7,16-17,22-23H2. The minimum atomic E-state index is 0.814. The summed E-state index contributed by atoms with van der Waals surface area (Å²) in [7, 11) is 0. The van der Waals surface area contributed by atoms with E-state index in [9.17, 15) is 0 Å². The normalized spacial score (nSPS) is 10.6. The van der Waals surface area contributed by atoms with Crippen molar-refractivity contribution >= 4 is 22.7 Å². The number of nitrogens with two attached hydrogens (primary N) is 2. The number of rotatable bonds is 12. The topological polar surface area (TPSA) is 76.1 Å². The van der Waals surface area contributed by atoms with Crippen molar-refractivity contribution in [1.29, 1.82) is 0 Å². The second-order valence-corrected chi connectivity index (χ2v) is 6.57. The molecule has 0 aliphatic carbocycles. The number of anilines is 4. The van der Waals surface area contributed by atoms with Crippen LogP contribution in [0.25, 0.3) is 0 Å². The highest BCUT2D eigenvalue weighted by atomic mass is 14.9. The molecular weight excluding hydrogens is 308 g/mol. The SMILES string of the molecule is Nc1ccc(NCCCCCCCCCNc2ccc(N)cc2)cc1. The highest BCUT2D eigenvalue weighted by molar-refractivity contribution is 5.51. The van der Waals surface area contributed by atoms with Crippen molar-refractivity contribution in [3.63, 3.8) is 0 Å². The van der Waals surface area contributed by atoms with E-state index in [1.165, 1.54) is 44.9 Å². The Morgan fingerprint density at radius 2 is 0.800 bits per heavy atom.